The van der Waals surface area contributed by atoms with Crippen molar-refractivity contribution in [2.24, 2.45) is 0 Å². The van der Waals surface area contributed by atoms with E-state index in [0.29, 0.717) is 19.3 Å². The second-order valence-electron chi connectivity index (χ2n) is 24.5. The van der Waals surface area contributed by atoms with Gasteiger partial charge in [-0.15, -0.1) is 0 Å². The predicted molar refractivity (Wildman–Crippen MR) is 362 cm³/mol. The van der Waals surface area contributed by atoms with Gasteiger partial charge in [0.15, 0.2) is 6.10 Å². The highest BCUT2D eigenvalue weighted by Crippen LogP contribution is 2.18. The monoisotopic (exact) mass is 1160 g/mol. The quantitative estimate of drug-likeness (QED) is 0.0261. The first-order chi connectivity index (χ1) is 41.0. The SMILES string of the molecule is CC/C=C\C/C=C\C/C=C\C/C=C\C/C=C\CCCCCCCCCCCCCCCCCCCC(=O)OCC(COC(=O)CCCCCCC/C=C\CCCCC)OC(=O)CCCCCCCCCCCCCCCCCCCCCC. The predicted octanol–water partition coefficient (Wildman–Crippen LogP) is 25.2. The Balaban J connectivity index is 4.14. The molecule has 83 heavy (non-hydrogen) atoms. The van der Waals surface area contributed by atoms with Gasteiger partial charge >= 0.3 is 17.9 Å². The zero-order valence-electron chi connectivity index (χ0n) is 55.5. The van der Waals surface area contributed by atoms with Crippen LogP contribution in [0.2, 0.25) is 0 Å². The lowest BCUT2D eigenvalue weighted by molar-refractivity contribution is -0.167. The zero-order chi connectivity index (χ0) is 59.9. The molecule has 0 aromatic rings. The fourth-order valence-corrected chi connectivity index (χ4v) is 10.8. The van der Waals surface area contributed by atoms with Crippen molar-refractivity contribution in [2.75, 3.05) is 13.2 Å². The van der Waals surface area contributed by atoms with Crippen molar-refractivity contribution in [3.8, 4) is 0 Å². The van der Waals surface area contributed by atoms with Crippen LogP contribution in [0.3, 0.4) is 0 Å². The first kappa shape index (κ1) is 79.8. The van der Waals surface area contributed by atoms with E-state index in [1.54, 1.807) is 0 Å². The van der Waals surface area contributed by atoms with E-state index in [1.807, 2.05) is 0 Å². The number of rotatable bonds is 67. The lowest BCUT2D eigenvalue weighted by Crippen LogP contribution is -2.30. The third-order valence-electron chi connectivity index (χ3n) is 16.2. The molecule has 6 nitrogen and oxygen atoms in total. The average Bonchev–Trinajstić information content (AvgIpc) is 3.49. The van der Waals surface area contributed by atoms with Crippen LogP contribution in [0.1, 0.15) is 380 Å². The van der Waals surface area contributed by atoms with Crippen molar-refractivity contribution in [1.82, 2.24) is 0 Å². The van der Waals surface area contributed by atoms with Gasteiger partial charge in [0.25, 0.3) is 0 Å². The average molecular weight is 1160 g/mol. The Morgan fingerprint density at radius 3 is 0.771 bits per heavy atom. The van der Waals surface area contributed by atoms with Crippen LogP contribution in [-0.4, -0.2) is 37.2 Å². The van der Waals surface area contributed by atoms with Crippen LogP contribution in [-0.2, 0) is 28.6 Å². The summed E-state index contributed by atoms with van der Waals surface area (Å²) in [6.45, 7) is 6.56. The maximum atomic E-state index is 12.9. The van der Waals surface area contributed by atoms with Gasteiger partial charge in [-0.3, -0.25) is 14.4 Å². The molecule has 0 aliphatic rings. The molecule has 0 N–H and O–H groups in total. The molecule has 0 aliphatic carbocycles. The summed E-state index contributed by atoms with van der Waals surface area (Å²) in [5, 5.41) is 0. The summed E-state index contributed by atoms with van der Waals surface area (Å²) in [4.78, 5) is 38.4. The number of ether oxygens (including phenoxy) is 3. The summed E-state index contributed by atoms with van der Waals surface area (Å²) in [6, 6.07) is 0. The number of unbranched alkanes of at least 4 members (excludes halogenated alkanes) is 44. The van der Waals surface area contributed by atoms with Gasteiger partial charge in [-0.05, 0) is 89.9 Å². The van der Waals surface area contributed by atoms with Gasteiger partial charge in [0.1, 0.15) is 13.2 Å². The van der Waals surface area contributed by atoms with Gasteiger partial charge in [-0.25, -0.2) is 0 Å². The van der Waals surface area contributed by atoms with Crippen molar-refractivity contribution in [2.45, 2.75) is 386 Å². The van der Waals surface area contributed by atoms with Gasteiger partial charge in [-0.1, -0.05) is 344 Å². The van der Waals surface area contributed by atoms with E-state index in [-0.39, 0.29) is 31.1 Å². The van der Waals surface area contributed by atoms with Crippen molar-refractivity contribution in [3.05, 3.63) is 72.9 Å². The first-order valence-electron chi connectivity index (χ1n) is 36.4. The van der Waals surface area contributed by atoms with Crippen molar-refractivity contribution < 1.29 is 28.6 Å². The van der Waals surface area contributed by atoms with E-state index in [9.17, 15) is 14.4 Å². The second-order valence-corrected chi connectivity index (χ2v) is 24.5. The van der Waals surface area contributed by atoms with Crippen LogP contribution in [0, 0.1) is 0 Å². The van der Waals surface area contributed by atoms with Crippen LogP contribution < -0.4 is 0 Å². The topological polar surface area (TPSA) is 78.9 Å². The number of hydrogen-bond acceptors (Lipinski definition) is 6. The highest BCUT2D eigenvalue weighted by atomic mass is 16.6. The molecule has 0 radical (unpaired) electrons. The van der Waals surface area contributed by atoms with Gasteiger partial charge in [0.05, 0.1) is 0 Å². The normalized spacial score (nSPS) is 12.5. The molecular formula is C77H138O6. The molecule has 0 aromatic carbocycles. The van der Waals surface area contributed by atoms with Crippen molar-refractivity contribution >= 4 is 17.9 Å². The molecule has 1 atom stereocenters. The van der Waals surface area contributed by atoms with Crippen LogP contribution in [0.25, 0.3) is 0 Å². The summed E-state index contributed by atoms with van der Waals surface area (Å²) in [6.07, 6.45) is 93.7. The van der Waals surface area contributed by atoms with Crippen LogP contribution in [0.5, 0.6) is 0 Å². The Morgan fingerprint density at radius 2 is 0.470 bits per heavy atom. The molecule has 0 rings (SSSR count). The Kier molecular flexibility index (Phi) is 68.6. The molecule has 0 fully saturated rings. The molecular weight excluding hydrogens is 1020 g/mol. The standard InChI is InChI=1S/C77H138O6/c1-4-7-10-13-16-19-22-25-27-29-31-33-34-35-36-37-38-39-40-41-42-43-44-45-47-48-50-52-55-58-61-64-67-70-76(79)82-73-74(72-81-75(78)69-66-63-60-57-54-24-21-18-15-12-9-6-3)83-77(80)71-68-65-62-59-56-53-51-49-46-32-30-28-26-23-20-17-14-11-8-5-2/h7,10,16,18-19,21,25,27,31,33,35-36,74H,4-6,8-9,11-15,17,20,22-24,26,28-30,32,34,37-73H2,1-3H3/b10-7-,19-16-,21-18-,27-25-,33-31-,36-35-. The lowest BCUT2D eigenvalue weighted by Gasteiger charge is -2.18. The fourth-order valence-electron chi connectivity index (χ4n) is 10.8. The summed E-state index contributed by atoms with van der Waals surface area (Å²) < 4.78 is 17.0. The maximum absolute atomic E-state index is 12.9. The Morgan fingerprint density at radius 1 is 0.253 bits per heavy atom. The molecule has 0 amide bonds. The van der Waals surface area contributed by atoms with Gasteiger partial charge in [0.2, 0.25) is 0 Å². The molecule has 482 valence electrons. The minimum absolute atomic E-state index is 0.0718. The largest absolute Gasteiger partial charge is 0.462 e. The third kappa shape index (κ3) is 69.5. The molecule has 0 saturated carbocycles. The fraction of sp³-hybridized carbons (Fsp3) is 0.805. The summed E-state index contributed by atoms with van der Waals surface area (Å²) in [5.41, 5.74) is 0. The van der Waals surface area contributed by atoms with E-state index in [1.165, 1.54) is 244 Å². The van der Waals surface area contributed by atoms with Gasteiger partial charge in [0, 0.05) is 19.3 Å². The minimum atomic E-state index is -0.775. The number of carbonyl (C=O) groups is 3. The first-order valence-corrected chi connectivity index (χ1v) is 36.4. The highest BCUT2D eigenvalue weighted by molar-refractivity contribution is 5.71. The van der Waals surface area contributed by atoms with Crippen LogP contribution in [0.4, 0.5) is 0 Å². The molecule has 0 bridgehead atoms. The van der Waals surface area contributed by atoms with Crippen molar-refractivity contribution in [3.63, 3.8) is 0 Å². The molecule has 0 saturated heterocycles. The van der Waals surface area contributed by atoms with Gasteiger partial charge < -0.3 is 14.2 Å². The molecule has 1 unspecified atom stereocenters. The van der Waals surface area contributed by atoms with E-state index in [4.69, 9.17) is 14.2 Å². The highest BCUT2D eigenvalue weighted by Gasteiger charge is 2.19. The van der Waals surface area contributed by atoms with E-state index in [2.05, 4.69) is 93.7 Å². The summed E-state index contributed by atoms with van der Waals surface area (Å²) in [5.74, 6) is -0.856. The third-order valence-corrected chi connectivity index (χ3v) is 16.2. The molecule has 6 heteroatoms. The van der Waals surface area contributed by atoms with E-state index in [0.717, 1.165) is 96.3 Å². The van der Waals surface area contributed by atoms with Crippen molar-refractivity contribution in [1.29, 1.82) is 0 Å². The lowest BCUT2D eigenvalue weighted by atomic mass is 10.0. The number of allylic oxidation sites excluding steroid dienone is 12. The Bertz CT molecular complexity index is 1520. The molecule has 0 heterocycles. The zero-order valence-corrected chi connectivity index (χ0v) is 55.5. The number of esters is 3. The van der Waals surface area contributed by atoms with Crippen LogP contribution in [0.15, 0.2) is 72.9 Å². The van der Waals surface area contributed by atoms with Gasteiger partial charge in [-0.2, -0.15) is 0 Å². The maximum Gasteiger partial charge on any atom is 0.306 e. The summed E-state index contributed by atoms with van der Waals surface area (Å²) >= 11 is 0. The Labute approximate surface area is 516 Å². The number of hydrogen-bond donors (Lipinski definition) is 0. The van der Waals surface area contributed by atoms with E-state index < -0.39 is 6.10 Å². The summed E-state index contributed by atoms with van der Waals surface area (Å²) in [7, 11) is 0. The minimum Gasteiger partial charge on any atom is -0.462 e. The van der Waals surface area contributed by atoms with Crippen LogP contribution >= 0.6 is 0 Å². The molecule has 0 aliphatic heterocycles. The second kappa shape index (κ2) is 71.3. The Hall–Kier alpha value is -3.15. The smallest absolute Gasteiger partial charge is 0.306 e. The molecule has 0 spiro atoms. The van der Waals surface area contributed by atoms with E-state index >= 15 is 0 Å². The number of carbonyl (C=O) groups excluding carboxylic acids is 3. The molecule has 0 aromatic heterocycles.